The fraction of sp³-hybridized carbons (Fsp3) is 0.292. The number of hydrogen-bond acceptors (Lipinski definition) is 5. The first-order chi connectivity index (χ1) is 15.4. The minimum atomic E-state index is -0.643. The first-order valence-electron chi connectivity index (χ1n) is 10.4. The summed E-state index contributed by atoms with van der Waals surface area (Å²) in [5.41, 5.74) is 1.56. The van der Waals surface area contributed by atoms with Gasteiger partial charge in [-0.2, -0.15) is 0 Å². The molecular weight excluding hydrogens is 430 g/mol. The van der Waals surface area contributed by atoms with Crippen molar-refractivity contribution in [1.29, 1.82) is 0 Å². The van der Waals surface area contributed by atoms with Crippen molar-refractivity contribution in [2.24, 2.45) is 7.05 Å². The molecule has 2 heterocycles. The smallest absolute Gasteiger partial charge is 0.327 e. The number of aryl methyl sites for hydroxylation is 1. The van der Waals surface area contributed by atoms with E-state index in [-0.39, 0.29) is 11.5 Å². The Labute approximate surface area is 190 Å². The Morgan fingerprint density at radius 1 is 1.00 bits per heavy atom. The number of amides is 1. The topological polar surface area (TPSA) is 71.8 Å². The highest BCUT2D eigenvalue weighted by Gasteiger charge is 2.34. The van der Waals surface area contributed by atoms with Crippen molar-refractivity contribution in [2.45, 2.75) is 6.04 Å². The Kier molecular flexibility index (Phi) is 6.30. The molecule has 0 N–H and O–H groups in total. The molecule has 4 rings (SSSR count). The largest absolute Gasteiger partial charge is 0.468 e. The number of nitrogens with zero attached hydrogens (tertiary/aromatic N) is 3. The number of esters is 1. The van der Waals surface area contributed by atoms with Crippen LogP contribution in [0.15, 0.2) is 59.4 Å². The molecule has 8 heteroatoms. The van der Waals surface area contributed by atoms with Crippen LogP contribution in [0, 0.1) is 0 Å². The predicted molar refractivity (Wildman–Crippen MR) is 123 cm³/mol. The summed E-state index contributed by atoms with van der Waals surface area (Å²) >= 11 is 6.35. The van der Waals surface area contributed by atoms with E-state index in [0.717, 1.165) is 5.39 Å². The Morgan fingerprint density at radius 2 is 1.66 bits per heavy atom. The van der Waals surface area contributed by atoms with Gasteiger partial charge in [-0.15, -0.1) is 0 Å². The number of hydrogen-bond donors (Lipinski definition) is 0. The number of benzene rings is 2. The second-order valence-electron chi connectivity index (χ2n) is 7.75. The third kappa shape index (κ3) is 4.01. The summed E-state index contributed by atoms with van der Waals surface area (Å²) in [5, 5.41) is 1.23. The number of rotatable bonds is 4. The van der Waals surface area contributed by atoms with Gasteiger partial charge in [-0.25, -0.2) is 4.79 Å². The van der Waals surface area contributed by atoms with Crippen molar-refractivity contribution in [2.75, 3.05) is 33.3 Å². The first-order valence-corrected chi connectivity index (χ1v) is 10.7. The molecule has 2 aromatic carbocycles. The molecule has 0 bridgehead atoms. The number of carbonyl (C=O) groups is 2. The summed E-state index contributed by atoms with van der Waals surface area (Å²) in [6.45, 7) is 1.78. The summed E-state index contributed by atoms with van der Waals surface area (Å²) < 4.78 is 6.57. The highest BCUT2D eigenvalue weighted by Crippen LogP contribution is 2.30. The summed E-state index contributed by atoms with van der Waals surface area (Å²) in [6, 6.07) is 15.3. The van der Waals surface area contributed by atoms with E-state index in [0.29, 0.717) is 47.8 Å². The molecule has 166 valence electrons. The second-order valence-corrected chi connectivity index (χ2v) is 8.15. The van der Waals surface area contributed by atoms with Crippen molar-refractivity contribution in [3.63, 3.8) is 0 Å². The third-order valence-electron chi connectivity index (χ3n) is 5.98. The summed E-state index contributed by atoms with van der Waals surface area (Å²) in [7, 11) is 3.05. The van der Waals surface area contributed by atoms with E-state index < -0.39 is 12.0 Å². The number of pyridine rings is 1. The van der Waals surface area contributed by atoms with E-state index in [1.807, 2.05) is 47.4 Å². The molecule has 1 aliphatic rings. The quantitative estimate of drug-likeness (QED) is 0.568. The van der Waals surface area contributed by atoms with Crippen LogP contribution in [-0.4, -0.2) is 59.5 Å². The van der Waals surface area contributed by atoms with E-state index in [9.17, 15) is 14.4 Å². The Balaban J connectivity index is 1.57. The number of fused-ring (bicyclic) bond motifs is 1. The fourth-order valence-electron chi connectivity index (χ4n) is 4.22. The number of piperazine rings is 1. The summed E-state index contributed by atoms with van der Waals surface area (Å²) in [6.07, 6.45) is 0. The molecule has 1 aromatic heterocycles. The van der Waals surface area contributed by atoms with Crippen LogP contribution in [0.2, 0.25) is 5.02 Å². The van der Waals surface area contributed by atoms with Crippen molar-refractivity contribution >= 4 is 34.4 Å². The van der Waals surface area contributed by atoms with Gasteiger partial charge in [0.15, 0.2) is 0 Å². The van der Waals surface area contributed by atoms with Crippen LogP contribution in [-0.2, 0) is 16.6 Å². The summed E-state index contributed by atoms with van der Waals surface area (Å²) in [5.74, 6) is -0.582. The number of carbonyl (C=O) groups excluding carboxylic acids is 2. The van der Waals surface area contributed by atoms with Gasteiger partial charge < -0.3 is 14.2 Å². The van der Waals surface area contributed by atoms with Crippen molar-refractivity contribution in [1.82, 2.24) is 14.4 Å². The lowest BCUT2D eigenvalue weighted by Crippen LogP contribution is -2.51. The minimum absolute atomic E-state index is 0.189. The molecule has 7 nitrogen and oxygen atoms in total. The molecule has 1 unspecified atom stereocenters. The van der Waals surface area contributed by atoms with Gasteiger partial charge in [0.05, 0.1) is 18.2 Å². The molecule has 0 spiro atoms. The zero-order chi connectivity index (χ0) is 22.8. The minimum Gasteiger partial charge on any atom is -0.468 e. The highest BCUT2D eigenvalue weighted by atomic mass is 35.5. The molecule has 1 amide bonds. The maximum absolute atomic E-state index is 13.3. The lowest BCUT2D eigenvalue weighted by atomic mass is 10.0. The molecule has 1 atom stereocenters. The Hall–Kier alpha value is -3.16. The number of para-hydroxylation sites is 1. The summed E-state index contributed by atoms with van der Waals surface area (Å²) in [4.78, 5) is 42.0. The zero-order valence-electron chi connectivity index (χ0n) is 18.0. The SMILES string of the molecule is COC(=O)C(c1ccccc1Cl)N1CCN(C(=O)c2cc(=O)n(C)c3ccccc23)CC1. The van der Waals surface area contributed by atoms with Gasteiger partial charge in [0.1, 0.15) is 6.04 Å². The molecule has 0 aliphatic carbocycles. The predicted octanol–water partition coefficient (Wildman–Crippen LogP) is 2.86. The molecule has 0 saturated carbocycles. The van der Waals surface area contributed by atoms with E-state index >= 15 is 0 Å². The second kappa shape index (κ2) is 9.14. The van der Waals surface area contributed by atoms with Crippen LogP contribution in [0.5, 0.6) is 0 Å². The van der Waals surface area contributed by atoms with Gasteiger partial charge in [-0.3, -0.25) is 14.5 Å². The molecule has 32 heavy (non-hydrogen) atoms. The van der Waals surface area contributed by atoms with Crippen molar-refractivity contribution in [3.8, 4) is 0 Å². The zero-order valence-corrected chi connectivity index (χ0v) is 18.7. The van der Waals surface area contributed by atoms with Crippen LogP contribution < -0.4 is 5.56 Å². The van der Waals surface area contributed by atoms with Crippen molar-refractivity contribution in [3.05, 3.63) is 81.1 Å². The van der Waals surface area contributed by atoms with Gasteiger partial charge in [-0.05, 0) is 17.7 Å². The van der Waals surface area contributed by atoms with E-state index in [4.69, 9.17) is 16.3 Å². The third-order valence-corrected chi connectivity index (χ3v) is 6.32. The van der Waals surface area contributed by atoms with E-state index in [1.54, 1.807) is 18.0 Å². The molecule has 0 radical (unpaired) electrons. The Bertz CT molecular complexity index is 1230. The van der Waals surface area contributed by atoms with Crippen molar-refractivity contribution < 1.29 is 14.3 Å². The maximum atomic E-state index is 13.3. The molecule has 1 aliphatic heterocycles. The van der Waals surface area contributed by atoms with E-state index in [2.05, 4.69) is 0 Å². The maximum Gasteiger partial charge on any atom is 0.327 e. The van der Waals surface area contributed by atoms with Crippen LogP contribution in [0.1, 0.15) is 22.0 Å². The van der Waals surface area contributed by atoms with Crippen LogP contribution in [0.3, 0.4) is 0 Å². The van der Waals surface area contributed by atoms with Gasteiger partial charge in [0.2, 0.25) is 0 Å². The normalized spacial score (nSPS) is 15.5. The van der Waals surface area contributed by atoms with Crippen LogP contribution in [0.4, 0.5) is 0 Å². The number of halogens is 1. The lowest BCUT2D eigenvalue weighted by molar-refractivity contribution is -0.148. The van der Waals surface area contributed by atoms with Gasteiger partial charge in [0, 0.05) is 49.7 Å². The molecule has 3 aromatic rings. The average Bonchev–Trinajstić information content (AvgIpc) is 2.82. The molecule has 1 saturated heterocycles. The Morgan fingerprint density at radius 3 is 2.34 bits per heavy atom. The van der Waals surface area contributed by atoms with Gasteiger partial charge >= 0.3 is 5.97 Å². The molecule has 1 fully saturated rings. The van der Waals surface area contributed by atoms with Gasteiger partial charge in [-0.1, -0.05) is 48.0 Å². The first kappa shape index (κ1) is 22.0. The van der Waals surface area contributed by atoms with Crippen LogP contribution in [0.25, 0.3) is 10.9 Å². The lowest BCUT2D eigenvalue weighted by Gasteiger charge is -2.38. The van der Waals surface area contributed by atoms with Gasteiger partial charge in [0.25, 0.3) is 11.5 Å². The molecular formula is C24H24ClN3O4. The highest BCUT2D eigenvalue weighted by molar-refractivity contribution is 6.31. The number of aromatic nitrogens is 1. The number of methoxy groups -OCH3 is 1. The number of ether oxygens (including phenoxy) is 1. The monoisotopic (exact) mass is 453 g/mol. The average molecular weight is 454 g/mol. The fourth-order valence-corrected chi connectivity index (χ4v) is 4.46. The van der Waals surface area contributed by atoms with E-state index in [1.165, 1.54) is 17.7 Å². The van der Waals surface area contributed by atoms with Crippen LogP contribution >= 0.6 is 11.6 Å². The standard InChI is InChI=1S/C24H24ClN3O4/c1-26-20-10-6-4-7-16(20)18(15-21(26)29)23(30)28-13-11-27(12-14-28)22(24(31)32-2)17-8-3-5-9-19(17)25/h3-10,15,22H,11-14H2,1-2H3.